The summed E-state index contributed by atoms with van der Waals surface area (Å²) in [5.41, 5.74) is 1.00. The lowest BCUT2D eigenvalue weighted by Crippen LogP contribution is -2.41. The molecule has 2 N–H and O–H groups in total. The van der Waals surface area contributed by atoms with Gasteiger partial charge < -0.3 is 10.3 Å². The number of aromatic amines is 1. The molecule has 6 nitrogen and oxygen atoms in total. The molecule has 0 spiro atoms. The summed E-state index contributed by atoms with van der Waals surface area (Å²) in [5, 5.41) is 3.86. The van der Waals surface area contributed by atoms with Crippen LogP contribution in [0.15, 0.2) is 88.5 Å². The predicted molar refractivity (Wildman–Crippen MR) is 117 cm³/mol. The number of nitrogens with zero attached hydrogens (tertiary/aromatic N) is 1. The minimum Gasteiger partial charge on any atom is -0.344 e. The average molecular weight is 420 g/mol. The largest absolute Gasteiger partial charge is 0.344 e. The molecule has 1 aromatic heterocycles. The molecule has 30 heavy (non-hydrogen) atoms. The Balaban J connectivity index is 1.65. The van der Waals surface area contributed by atoms with Gasteiger partial charge in [0.1, 0.15) is 6.54 Å². The van der Waals surface area contributed by atoms with Crippen LogP contribution in [0.1, 0.15) is 17.2 Å². The minimum atomic E-state index is -0.628. The van der Waals surface area contributed by atoms with Gasteiger partial charge in [-0.05, 0) is 35.4 Å². The maximum atomic E-state index is 12.8. The van der Waals surface area contributed by atoms with Crippen molar-refractivity contribution in [2.45, 2.75) is 12.6 Å². The first-order chi connectivity index (χ1) is 14.5. The van der Waals surface area contributed by atoms with Gasteiger partial charge in [0.15, 0.2) is 0 Å². The number of H-pyrrole nitrogens is 1. The van der Waals surface area contributed by atoms with Crippen LogP contribution < -0.4 is 16.6 Å². The van der Waals surface area contributed by atoms with E-state index in [-0.39, 0.29) is 0 Å². The lowest BCUT2D eigenvalue weighted by molar-refractivity contribution is -0.122. The van der Waals surface area contributed by atoms with E-state index >= 15 is 0 Å². The Kier molecular flexibility index (Phi) is 5.50. The van der Waals surface area contributed by atoms with Crippen LogP contribution in [0.2, 0.25) is 5.02 Å². The van der Waals surface area contributed by atoms with Gasteiger partial charge in [0.25, 0.3) is 5.56 Å². The van der Waals surface area contributed by atoms with Crippen LogP contribution in [0.5, 0.6) is 0 Å². The number of rotatable bonds is 5. The molecule has 0 aliphatic rings. The summed E-state index contributed by atoms with van der Waals surface area (Å²) in [6, 6.07) is 22.8. The molecule has 1 heterocycles. The van der Waals surface area contributed by atoms with Crippen molar-refractivity contribution in [3.05, 3.63) is 116 Å². The number of carbonyl (C=O) groups excluding carboxylic acids is 1. The zero-order valence-electron chi connectivity index (χ0n) is 15.8. The Morgan fingerprint density at radius 3 is 2.27 bits per heavy atom. The number of nitrogens with one attached hydrogen (secondary N) is 2. The lowest BCUT2D eigenvalue weighted by Gasteiger charge is -2.20. The number of para-hydroxylation sites is 1. The Bertz CT molecular complexity index is 1310. The highest BCUT2D eigenvalue weighted by Gasteiger charge is 2.18. The summed E-state index contributed by atoms with van der Waals surface area (Å²) in [4.78, 5) is 40.5. The number of halogens is 1. The van der Waals surface area contributed by atoms with Gasteiger partial charge in [0.2, 0.25) is 5.91 Å². The van der Waals surface area contributed by atoms with Gasteiger partial charge >= 0.3 is 5.69 Å². The van der Waals surface area contributed by atoms with E-state index in [1.54, 1.807) is 36.4 Å². The molecule has 0 saturated heterocycles. The third-order valence-corrected chi connectivity index (χ3v) is 5.08. The molecule has 3 aromatic carbocycles. The van der Waals surface area contributed by atoms with Crippen molar-refractivity contribution >= 4 is 28.4 Å². The average Bonchev–Trinajstić information content (AvgIpc) is 2.76. The van der Waals surface area contributed by atoms with Crippen molar-refractivity contribution in [3.8, 4) is 0 Å². The third-order valence-electron chi connectivity index (χ3n) is 4.83. The topological polar surface area (TPSA) is 84.0 Å². The molecule has 4 rings (SSSR count). The van der Waals surface area contributed by atoms with E-state index in [2.05, 4.69) is 10.3 Å². The van der Waals surface area contributed by atoms with Crippen LogP contribution in [0.25, 0.3) is 10.9 Å². The molecule has 150 valence electrons. The number of aromatic nitrogens is 2. The molecule has 0 saturated carbocycles. The summed E-state index contributed by atoms with van der Waals surface area (Å²) in [7, 11) is 0. The number of amides is 1. The number of hydrogen-bond donors (Lipinski definition) is 2. The van der Waals surface area contributed by atoms with Crippen molar-refractivity contribution in [3.63, 3.8) is 0 Å². The summed E-state index contributed by atoms with van der Waals surface area (Å²) >= 11 is 5.99. The van der Waals surface area contributed by atoms with Gasteiger partial charge in [0, 0.05) is 5.02 Å². The van der Waals surface area contributed by atoms with E-state index in [1.807, 2.05) is 42.5 Å². The van der Waals surface area contributed by atoms with Crippen molar-refractivity contribution in [2.24, 2.45) is 0 Å². The molecule has 0 fully saturated rings. The Morgan fingerprint density at radius 1 is 0.900 bits per heavy atom. The summed E-state index contributed by atoms with van der Waals surface area (Å²) < 4.78 is 0.904. The van der Waals surface area contributed by atoms with Crippen LogP contribution in [-0.4, -0.2) is 15.5 Å². The van der Waals surface area contributed by atoms with Gasteiger partial charge in [-0.3, -0.25) is 14.2 Å². The lowest BCUT2D eigenvalue weighted by atomic mass is 9.98. The second-order valence-corrected chi connectivity index (χ2v) is 7.27. The smallest absolute Gasteiger partial charge is 0.329 e. The maximum absolute atomic E-state index is 12.8. The number of benzene rings is 3. The summed E-state index contributed by atoms with van der Waals surface area (Å²) in [5.74, 6) is -0.457. The monoisotopic (exact) mass is 419 g/mol. The first kappa shape index (κ1) is 19.7. The van der Waals surface area contributed by atoms with Crippen LogP contribution >= 0.6 is 11.6 Å². The molecule has 0 aliphatic heterocycles. The molecule has 0 aliphatic carbocycles. The number of hydrogen-bond acceptors (Lipinski definition) is 3. The second-order valence-electron chi connectivity index (χ2n) is 6.83. The van der Waals surface area contributed by atoms with Gasteiger partial charge in [-0.1, -0.05) is 66.2 Å². The van der Waals surface area contributed by atoms with Crippen molar-refractivity contribution in [1.82, 2.24) is 14.9 Å². The van der Waals surface area contributed by atoms with E-state index in [0.717, 1.165) is 15.7 Å². The van der Waals surface area contributed by atoms with Crippen LogP contribution in [0.4, 0.5) is 0 Å². The highest BCUT2D eigenvalue weighted by molar-refractivity contribution is 6.30. The fourth-order valence-electron chi connectivity index (χ4n) is 3.35. The SMILES string of the molecule is O=C(Cn1c(=O)[nH]c2ccccc2c1=O)NC(c1ccccc1)c1ccc(Cl)cc1. The van der Waals surface area contributed by atoms with E-state index in [4.69, 9.17) is 11.6 Å². The second kappa shape index (κ2) is 8.39. The molecular formula is C23H18ClN3O3. The normalized spacial score (nSPS) is 11.9. The van der Waals surface area contributed by atoms with Gasteiger partial charge in [0.05, 0.1) is 16.9 Å². The molecule has 0 radical (unpaired) electrons. The summed E-state index contributed by atoms with van der Waals surface area (Å²) in [6.07, 6.45) is 0. The Labute approximate surface area is 176 Å². The highest BCUT2D eigenvalue weighted by Crippen LogP contribution is 2.23. The van der Waals surface area contributed by atoms with E-state index < -0.39 is 29.7 Å². The minimum absolute atomic E-state index is 0.349. The zero-order chi connectivity index (χ0) is 21.1. The molecule has 1 atom stereocenters. The standard InChI is InChI=1S/C23H18ClN3O3/c24-17-12-10-16(11-13-17)21(15-6-2-1-3-7-15)26-20(28)14-27-22(29)18-8-4-5-9-19(18)25-23(27)30/h1-13,21H,14H2,(H,25,30)(H,26,28). The molecule has 7 heteroatoms. The summed E-state index contributed by atoms with van der Waals surface area (Å²) in [6.45, 7) is -0.393. The van der Waals surface area contributed by atoms with Gasteiger partial charge in [-0.15, -0.1) is 0 Å². The quantitative estimate of drug-likeness (QED) is 0.520. The van der Waals surface area contributed by atoms with Gasteiger partial charge in [-0.25, -0.2) is 4.79 Å². The fraction of sp³-hybridized carbons (Fsp3) is 0.0870. The zero-order valence-corrected chi connectivity index (χ0v) is 16.6. The van der Waals surface area contributed by atoms with Crippen molar-refractivity contribution in [2.75, 3.05) is 0 Å². The Hall–Kier alpha value is -3.64. The van der Waals surface area contributed by atoms with Crippen molar-refractivity contribution in [1.29, 1.82) is 0 Å². The third kappa shape index (κ3) is 4.04. The number of carbonyl (C=O) groups is 1. The van der Waals surface area contributed by atoms with E-state index in [9.17, 15) is 14.4 Å². The van der Waals surface area contributed by atoms with Crippen LogP contribution in [0.3, 0.4) is 0 Å². The van der Waals surface area contributed by atoms with Crippen molar-refractivity contribution < 1.29 is 4.79 Å². The molecule has 1 amide bonds. The Morgan fingerprint density at radius 2 is 1.53 bits per heavy atom. The van der Waals surface area contributed by atoms with E-state index in [0.29, 0.717) is 15.9 Å². The van der Waals surface area contributed by atoms with E-state index in [1.165, 1.54) is 0 Å². The van der Waals surface area contributed by atoms with Crippen LogP contribution in [-0.2, 0) is 11.3 Å². The molecule has 4 aromatic rings. The van der Waals surface area contributed by atoms with Gasteiger partial charge in [-0.2, -0.15) is 0 Å². The maximum Gasteiger partial charge on any atom is 0.329 e. The first-order valence-corrected chi connectivity index (χ1v) is 9.72. The fourth-order valence-corrected chi connectivity index (χ4v) is 3.48. The number of fused-ring (bicyclic) bond motifs is 1. The molecular weight excluding hydrogens is 402 g/mol. The predicted octanol–water partition coefficient (Wildman–Crippen LogP) is 3.25. The first-order valence-electron chi connectivity index (χ1n) is 9.34. The highest BCUT2D eigenvalue weighted by atomic mass is 35.5. The molecule has 1 unspecified atom stereocenters. The molecule has 0 bridgehead atoms. The van der Waals surface area contributed by atoms with Crippen LogP contribution in [0, 0.1) is 0 Å².